The molecule has 1 aromatic rings. The summed E-state index contributed by atoms with van der Waals surface area (Å²) in [5.41, 5.74) is 0.612. The number of nitrogens with one attached hydrogen (secondary N) is 1. The van der Waals surface area contributed by atoms with Crippen molar-refractivity contribution in [1.82, 2.24) is 5.32 Å². The molecule has 0 unspecified atom stereocenters. The quantitative estimate of drug-likeness (QED) is 0.649. The first-order valence-electron chi connectivity index (χ1n) is 4.44. The second-order valence-electron chi connectivity index (χ2n) is 2.93. The van der Waals surface area contributed by atoms with E-state index in [1.165, 1.54) is 0 Å². The van der Waals surface area contributed by atoms with Crippen molar-refractivity contribution in [2.24, 2.45) is 0 Å². The molecule has 0 spiro atoms. The average molecular weight is 355 g/mol. The number of alkyl halides is 1. The number of carbonyl (C=O) groups excluding carboxylic acids is 1. The van der Waals surface area contributed by atoms with E-state index in [1.807, 2.05) is 0 Å². The highest BCUT2D eigenvalue weighted by atomic mass is 79.9. The molecule has 82 valence electrons. The lowest BCUT2D eigenvalue weighted by atomic mass is 10.2. The molecule has 0 saturated heterocycles. The van der Waals surface area contributed by atoms with Gasteiger partial charge in [0.2, 0.25) is 0 Å². The van der Waals surface area contributed by atoms with Crippen molar-refractivity contribution >= 4 is 49.4 Å². The van der Waals surface area contributed by atoms with Crippen LogP contribution in [0.2, 0.25) is 5.02 Å². The van der Waals surface area contributed by atoms with Gasteiger partial charge in [0.05, 0.1) is 5.02 Å². The van der Waals surface area contributed by atoms with Gasteiger partial charge in [-0.1, -0.05) is 27.5 Å². The third-order valence-corrected chi connectivity index (χ3v) is 3.55. The number of hydrogen-bond acceptors (Lipinski definition) is 1. The molecule has 15 heavy (non-hydrogen) atoms. The minimum absolute atomic E-state index is 0.0756. The topological polar surface area (TPSA) is 29.1 Å². The third kappa shape index (κ3) is 4.13. The first-order chi connectivity index (χ1) is 7.15. The van der Waals surface area contributed by atoms with Crippen LogP contribution in [0.4, 0.5) is 0 Å². The van der Waals surface area contributed by atoms with Crippen molar-refractivity contribution < 1.29 is 4.79 Å². The molecule has 0 aliphatic carbocycles. The van der Waals surface area contributed by atoms with Crippen LogP contribution in [0.15, 0.2) is 22.7 Å². The lowest BCUT2D eigenvalue weighted by molar-refractivity contribution is 0.0954. The van der Waals surface area contributed by atoms with Gasteiger partial charge >= 0.3 is 0 Å². The second-order valence-corrected chi connectivity index (χ2v) is 4.98. The van der Waals surface area contributed by atoms with E-state index in [0.717, 1.165) is 16.2 Å². The van der Waals surface area contributed by atoms with Crippen LogP contribution >= 0.6 is 43.5 Å². The molecule has 0 radical (unpaired) electrons. The largest absolute Gasteiger partial charge is 0.352 e. The fourth-order valence-electron chi connectivity index (χ4n) is 1.01. The van der Waals surface area contributed by atoms with Gasteiger partial charge in [0, 0.05) is 21.9 Å². The molecule has 0 saturated carbocycles. The van der Waals surface area contributed by atoms with Crippen molar-refractivity contribution in [1.29, 1.82) is 0 Å². The Labute approximate surface area is 111 Å². The molecule has 0 bridgehead atoms. The summed E-state index contributed by atoms with van der Waals surface area (Å²) in [6, 6.07) is 5.12. The van der Waals surface area contributed by atoms with Crippen LogP contribution < -0.4 is 5.32 Å². The Morgan fingerprint density at radius 1 is 1.47 bits per heavy atom. The Bertz CT molecular complexity index is 357. The summed E-state index contributed by atoms with van der Waals surface area (Å²) < 4.78 is 0.734. The lowest BCUT2D eigenvalue weighted by Gasteiger charge is -2.04. The molecule has 1 amide bonds. The summed E-state index contributed by atoms with van der Waals surface area (Å²) in [6.45, 7) is 0.671. The summed E-state index contributed by atoms with van der Waals surface area (Å²) in [6.07, 6.45) is 0.917. The van der Waals surface area contributed by atoms with Gasteiger partial charge in [-0.05, 0) is 40.5 Å². The maximum Gasteiger partial charge on any atom is 0.251 e. The van der Waals surface area contributed by atoms with Crippen LogP contribution in [0, 0.1) is 0 Å². The number of rotatable bonds is 4. The van der Waals surface area contributed by atoms with Gasteiger partial charge in [-0.2, -0.15) is 0 Å². The Balaban J connectivity index is 2.62. The summed E-state index contributed by atoms with van der Waals surface area (Å²) in [5, 5.41) is 4.30. The SMILES string of the molecule is O=C(NCCCBr)c1ccc(Cl)c(Br)c1. The van der Waals surface area contributed by atoms with Crippen molar-refractivity contribution in [2.75, 3.05) is 11.9 Å². The van der Waals surface area contributed by atoms with E-state index in [0.29, 0.717) is 17.1 Å². The molecule has 1 N–H and O–H groups in total. The molecular formula is C10H10Br2ClNO. The molecule has 0 aliphatic heterocycles. The highest BCUT2D eigenvalue weighted by Gasteiger charge is 2.06. The van der Waals surface area contributed by atoms with Crippen LogP contribution in [0.25, 0.3) is 0 Å². The summed E-state index contributed by atoms with van der Waals surface area (Å²) in [5.74, 6) is -0.0756. The minimum atomic E-state index is -0.0756. The first-order valence-corrected chi connectivity index (χ1v) is 6.73. The maximum atomic E-state index is 11.6. The van der Waals surface area contributed by atoms with E-state index < -0.39 is 0 Å². The molecule has 0 aliphatic rings. The van der Waals surface area contributed by atoms with Crippen molar-refractivity contribution in [3.8, 4) is 0 Å². The molecule has 0 heterocycles. The van der Waals surface area contributed by atoms with Crippen LogP contribution in [0.1, 0.15) is 16.8 Å². The molecule has 0 aromatic heterocycles. The molecule has 1 rings (SSSR count). The number of amides is 1. The normalized spacial score (nSPS) is 10.1. The summed E-state index contributed by atoms with van der Waals surface area (Å²) in [7, 11) is 0. The molecule has 0 fully saturated rings. The monoisotopic (exact) mass is 353 g/mol. The zero-order valence-electron chi connectivity index (χ0n) is 7.90. The van der Waals surface area contributed by atoms with E-state index in [2.05, 4.69) is 37.2 Å². The zero-order chi connectivity index (χ0) is 11.3. The number of benzene rings is 1. The van der Waals surface area contributed by atoms with E-state index in [4.69, 9.17) is 11.6 Å². The van der Waals surface area contributed by atoms with Crippen LogP contribution in [0.5, 0.6) is 0 Å². The van der Waals surface area contributed by atoms with Gasteiger partial charge in [0.15, 0.2) is 0 Å². The predicted octanol–water partition coefficient (Wildman–Crippen LogP) is 3.62. The van der Waals surface area contributed by atoms with Crippen LogP contribution in [0.3, 0.4) is 0 Å². The first kappa shape index (κ1) is 13.0. The molecule has 5 heteroatoms. The fourth-order valence-corrected chi connectivity index (χ4v) is 1.78. The van der Waals surface area contributed by atoms with E-state index >= 15 is 0 Å². The number of hydrogen-bond donors (Lipinski definition) is 1. The maximum absolute atomic E-state index is 11.6. The van der Waals surface area contributed by atoms with Gasteiger partial charge in [0.25, 0.3) is 5.91 Å². The predicted molar refractivity (Wildman–Crippen MR) is 69.9 cm³/mol. The van der Waals surface area contributed by atoms with E-state index in [-0.39, 0.29) is 5.91 Å². The zero-order valence-corrected chi connectivity index (χ0v) is 11.8. The molecule has 2 nitrogen and oxygen atoms in total. The summed E-state index contributed by atoms with van der Waals surface area (Å²) in [4.78, 5) is 11.6. The van der Waals surface area contributed by atoms with E-state index in [9.17, 15) is 4.79 Å². The molecule has 1 aromatic carbocycles. The van der Waals surface area contributed by atoms with Gasteiger partial charge in [-0.15, -0.1) is 0 Å². The minimum Gasteiger partial charge on any atom is -0.352 e. The lowest BCUT2D eigenvalue weighted by Crippen LogP contribution is -2.24. The molecular weight excluding hydrogens is 345 g/mol. The Morgan fingerprint density at radius 3 is 2.80 bits per heavy atom. The Morgan fingerprint density at radius 2 is 2.20 bits per heavy atom. The number of carbonyl (C=O) groups is 1. The van der Waals surface area contributed by atoms with Gasteiger partial charge < -0.3 is 5.32 Å². The number of halogens is 3. The summed E-state index contributed by atoms with van der Waals surface area (Å²) >= 11 is 12.4. The second kappa shape index (κ2) is 6.51. The fraction of sp³-hybridized carbons (Fsp3) is 0.300. The van der Waals surface area contributed by atoms with Crippen LogP contribution in [-0.2, 0) is 0 Å². The van der Waals surface area contributed by atoms with Gasteiger partial charge in [0.1, 0.15) is 0 Å². The molecule has 0 atom stereocenters. The highest BCUT2D eigenvalue weighted by molar-refractivity contribution is 9.10. The third-order valence-electron chi connectivity index (χ3n) is 1.78. The highest BCUT2D eigenvalue weighted by Crippen LogP contribution is 2.23. The Hall–Kier alpha value is -0.0600. The van der Waals surface area contributed by atoms with Gasteiger partial charge in [-0.25, -0.2) is 0 Å². The van der Waals surface area contributed by atoms with Crippen molar-refractivity contribution in [3.63, 3.8) is 0 Å². The Kier molecular flexibility index (Phi) is 5.64. The van der Waals surface area contributed by atoms with Gasteiger partial charge in [-0.3, -0.25) is 4.79 Å². The van der Waals surface area contributed by atoms with Crippen molar-refractivity contribution in [2.45, 2.75) is 6.42 Å². The average Bonchev–Trinajstić information content (AvgIpc) is 2.22. The van der Waals surface area contributed by atoms with E-state index in [1.54, 1.807) is 18.2 Å². The standard InChI is InChI=1S/C10H10Br2ClNO/c11-4-1-5-14-10(15)7-2-3-9(13)8(12)6-7/h2-3,6H,1,4-5H2,(H,14,15). The smallest absolute Gasteiger partial charge is 0.251 e. The van der Waals surface area contributed by atoms with Crippen LogP contribution in [-0.4, -0.2) is 17.8 Å². The van der Waals surface area contributed by atoms with Crippen molar-refractivity contribution in [3.05, 3.63) is 33.3 Å².